The lowest BCUT2D eigenvalue weighted by atomic mass is 9.97. The zero-order valence-corrected chi connectivity index (χ0v) is 12.5. The van der Waals surface area contributed by atoms with E-state index < -0.39 is 10.2 Å². The van der Waals surface area contributed by atoms with Crippen LogP contribution in [0.3, 0.4) is 0 Å². The highest BCUT2D eigenvalue weighted by atomic mass is 32.2. The first-order chi connectivity index (χ1) is 9.42. The van der Waals surface area contributed by atoms with Crippen LogP contribution in [-0.4, -0.2) is 40.0 Å². The molecule has 1 aromatic rings. The Morgan fingerprint density at radius 2 is 1.95 bits per heavy atom. The highest BCUT2D eigenvalue weighted by Crippen LogP contribution is 2.19. The number of likely N-dealkylation sites (tertiary alicyclic amines) is 1. The van der Waals surface area contributed by atoms with Crippen LogP contribution in [0.4, 0.5) is 11.4 Å². The molecule has 1 saturated heterocycles. The van der Waals surface area contributed by atoms with Crippen molar-refractivity contribution in [2.45, 2.75) is 12.8 Å². The zero-order chi connectivity index (χ0) is 14.6. The summed E-state index contributed by atoms with van der Waals surface area (Å²) in [6.07, 6.45) is 2.39. The van der Waals surface area contributed by atoms with Crippen molar-refractivity contribution in [3.63, 3.8) is 0 Å². The number of anilines is 2. The highest BCUT2D eigenvalue weighted by Gasteiger charge is 2.16. The molecule has 0 saturated carbocycles. The number of benzene rings is 1. The summed E-state index contributed by atoms with van der Waals surface area (Å²) in [4.78, 5) is 2.34. The van der Waals surface area contributed by atoms with Crippen LogP contribution in [0.15, 0.2) is 24.3 Å². The van der Waals surface area contributed by atoms with Crippen LogP contribution in [0.2, 0.25) is 0 Å². The van der Waals surface area contributed by atoms with Crippen molar-refractivity contribution < 1.29 is 8.42 Å². The summed E-state index contributed by atoms with van der Waals surface area (Å²) in [5.74, 6) is 0.668. The summed E-state index contributed by atoms with van der Waals surface area (Å²) in [6, 6.07) is 7.14. The van der Waals surface area contributed by atoms with E-state index in [2.05, 4.69) is 22.0 Å². The van der Waals surface area contributed by atoms with E-state index in [0.29, 0.717) is 11.6 Å². The van der Waals surface area contributed by atoms with Gasteiger partial charge in [-0.3, -0.25) is 4.72 Å². The van der Waals surface area contributed by atoms with Crippen molar-refractivity contribution in [2.24, 2.45) is 11.1 Å². The van der Waals surface area contributed by atoms with E-state index in [-0.39, 0.29) is 0 Å². The van der Waals surface area contributed by atoms with Crippen LogP contribution in [0.25, 0.3) is 0 Å². The van der Waals surface area contributed by atoms with E-state index in [1.807, 2.05) is 6.07 Å². The molecule has 1 aliphatic rings. The fraction of sp³-hybridized carbons (Fsp3) is 0.538. The molecule has 4 N–H and O–H groups in total. The molecular formula is C13H22N4O2S. The third-order valence-corrected chi connectivity index (χ3v) is 4.08. The summed E-state index contributed by atoms with van der Waals surface area (Å²) in [5, 5.41) is 8.32. The van der Waals surface area contributed by atoms with Crippen LogP contribution < -0.4 is 15.2 Å². The normalized spacial score (nSPS) is 17.9. The van der Waals surface area contributed by atoms with E-state index in [9.17, 15) is 8.42 Å². The van der Waals surface area contributed by atoms with Gasteiger partial charge in [0.15, 0.2) is 0 Å². The van der Waals surface area contributed by atoms with Gasteiger partial charge in [-0.2, -0.15) is 8.42 Å². The van der Waals surface area contributed by atoms with Crippen molar-refractivity contribution in [3.8, 4) is 0 Å². The first kappa shape index (κ1) is 15.1. The SMILES string of the molecule is CN1CCC(CNc2cccc(NS(N)(=O)=O)c2)CC1. The molecule has 1 aliphatic heterocycles. The molecule has 2 rings (SSSR count). The van der Waals surface area contributed by atoms with Gasteiger partial charge in [0.1, 0.15) is 0 Å². The summed E-state index contributed by atoms with van der Waals surface area (Å²) in [7, 11) is -1.57. The second-order valence-corrected chi connectivity index (χ2v) is 6.65. The minimum atomic E-state index is -3.72. The van der Waals surface area contributed by atoms with Gasteiger partial charge in [0.2, 0.25) is 0 Å². The van der Waals surface area contributed by atoms with Gasteiger partial charge in [-0.1, -0.05) is 6.07 Å². The molecule has 0 amide bonds. The maximum atomic E-state index is 11.0. The molecule has 1 aromatic carbocycles. The Kier molecular flexibility index (Phi) is 4.85. The van der Waals surface area contributed by atoms with Crippen LogP contribution in [-0.2, 0) is 10.2 Å². The number of nitrogens with zero attached hydrogens (tertiary/aromatic N) is 1. The van der Waals surface area contributed by atoms with Gasteiger partial charge in [-0.15, -0.1) is 0 Å². The lowest BCUT2D eigenvalue weighted by molar-refractivity contribution is 0.226. The van der Waals surface area contributed by atoms with E-state index >= 15 is 0 Å². The van der Waals surface area contributed by atoms with Crippen molar-refractivity contribution >= 4 is 21.6 Å². The Balaban J connectivity index is 1.88. The van der Waals surface area contributed by atoms with E-state index in [4.69, 9.17) is 5.14 Å². The van der Waals surface area contributed by atoms with Crippen molar-refractivity contribution in [1.82, 2.24) is 4.90 Å². The van der Waals surface area contributed by atoms with Gasteiger partial charge >= 0.3 is 0 Å². The minimum absolute atomic E-state index is 0.473. The Morgan fingerprint density at radius 3 is 2.60 bits per heavy atom. The molecule has 0 spiro atoms. The topological polar surface area (TPSA) is 87.5 Å². The monoisotopic (exact) mass is 298 g/mol. The molecule has 7 heteroatoms. The smallest absolute Gasteiger partial charge is 0.296 e. The number of rotatable bonds is 5. The predicted octanol–water partition coefficient (Wildman–Crippen LogP) is 1.06. The Labute approximate surface area is 120 Å². The Morgan fingerprint density at radius 1 is 1.30 bits per heavy atom. The van der Waals surface area contributed by atoms with Crippen LogP contribution in [0, 0.1) is 5.92 Å². The Hall–Kier alpha value is -1.31. The molecule has 6 nitrogen and oxygen atoms in total. The lowest BCUT2D eigenvalue weighted by Gasteiger charge is -2.29. The number of piperidine rings is 1. The summed E-state index contributed by atoms with van der Waals surface area (Å²) in [5.41, 5.74) is 1.37. The summed E-state index contributed by atoms with van der Waals surface area (Å²) < 4.78 is 24.2. The molecule has 0 radical (unpaired) electrons. The molecule has 0 aromatic heterocycles. The Bertz CT molecular complexity index is 539. The number of nitrogens with one attached hydrogen (secondary N) is 2. The van der Waals surface area contributed by atoms with E-state index in [0.717, 1.165) is 25.3 Å². The largest absolute Gasteiger partial charge is 0.385 e. The number of nitrogens with two attached hydrogens (primary N) is 1. The standard InChI is InChI=1S/C13H22N4O2S/c1-17-7-5-11(6-8-17)10-15-12-3-2-4-13(9-12)16-20(14,18)19/h2-4,9,11,15-16H,5-8,10H2,1H3,(H2,14,18,19). The zero-order valence-electron chi connectivity index (χ0n) is 11.7. The maximum absolute atomic E-state index is 11.0. The average Bonchev–Trinajstić information content (AvgIpc) is 2.36. The van der Waals surface area contributed by atoms with Crippen molar-refractivity contribution in [1.29, 1.82) is 0 Å². The fourth-order valence-corrected chi connectivity index (χ4v) is 2.84. The molecule has 0 aliphatic carbocycles. The van der Waals surface area contributed by atoms with Gasteiger partial charge in [-0.25, -0.2) is 5.14 Å². The molecule has 1 fully saturated rings. The summed E-state index contributed by atoms with van der Waals surface area (Å²) >= 11 is 0. The minimum Gasteiger partial charge on any atom is -0.385 e. The van der Waals surface area contributed by atoms with Gasteiger partial charge in [0.25, 0.3) is 10.2 Å². The predicted molar refractivity (Wildman–Crippen MR) is 81.9 cm³/mol. The highest BCUT2D eigenvalue weighted by molar-refractivity contribution is 7.90. The quantitative estimate of drug-likeness (QED) is 0.758. The molecule has 0 atom stereocenters. The first-order valence-electron chi connectivity index (χ1n) is 6.75. The maximum Gasteiger partial charge on any atom is 0.296 e. The third-order valence-electron chi connectivity index (χ3n) is 3.56. The van der Waals surface area contributed by atoms with E-state index in [1.165, 1.54) is 12.8 Å². The fourth-order valence-electron chi connectivity index (χ4n) is 2.39. The van der Waals surface area contributed by atoms with Crippen LogP contribution >= 0.6 is 0 Å². The average molecular weight is 298 g/mol. The first-order valence-corrected chi connectivity index (χ1v) is 8.30. The molecule has 0 bridgehead atoms. The van der Waals surface area contributed by atoms with Gasteiger partial charge in [0, 0.05) is 12.2 Å². The van der Waals surface area contributed by atoms with Crippen molar-refractivity contribution in [3.05, 3.63) is 24.3 Å². The molecular weight excluding hydrogens is 276 g/mol. The van der Waals surface area contributed by atoms with E-state index in [1.54, 1.807) is 18.2 Å². The molecule has 1 heterocycles. The second kappa shape index (κ2) is 6.43. The van der Waals surface area contributed by atoms with Crippen LogP contribution in [0.5, 0.6) is 0 Å². The molecule has 20 heavy (non-hydrogen) atoms. The summed E-state index contributed by atoms with van der Waals surface area (Å²) in [6.45, 7) is 3.19. The van der Waals surface area contributed by atoms with Gasteiger partial charge in [0.05, 0.1) is 5.69 Å². The van der Waals surface area contributed by atoms with Gasteiger partial charge in [-0.05, 0) is 57.1 Å². The lowest BCUT2D eigenvalue weighted by Crippen LogP contribution is -2.32. The molecule has 0 unspecified atom stereocenters. The number of hydrogen-bond acceptors (Lipinski definition) is 4. The van der Waals surface area contributed by atoms with Crippen LogP contribution in [0.1, 0.15) is 12.8 Å². The second-order valence-electron chi connectivity index (χ2n) is 5.36. The number of hydrogen-bond donors (Lipinski definition) is 3. The third kappa shape index (κ3) is 4.99. The van der Waals surface area contributed by atoms with Crippen molar-refractivity contribution in [2.75, 3.05) is 36.7 Å². The van der Waals surface area contributed by atoms with Gasteiger partial charge < -0.3 is 10.2 Å². The molecule has 112 valence electrons.